The van der Waals surface area contributed by atoms with Crippen LogP contribution in [0.4, 0.5) is 0 Å². The Morgan fingerprint density at radius 3 is 2.88 bits per heavy atom. The third-order valence-corrected chi connectivity index (χ3v) is 4.56. The summed E-state index contributed by atoms with van der Waals surface area (Å²) in [4.78, 5) is 14.6. The standard InChI is InChI=1S/C13H24N2O/c1-10(2)15(3)12(16)13-7-5-4-6-11(13)8-14-9-13/h10-11,14H,4-9H2,1-3H3/t11-,13+/m0/s1. The monoisotopic (exact) mass is 224 g/mol. The highest BCUT2D eigenvalue weighted by atomic mass is 16.2. The SMILES string of the molecule is CC(C)N(C)C(=O)[C@@]12CCCC[C@H]1CNC2. The maximum absolute atomic E-state index is 12.6. The zero-order valence-corrected chi connectivity index (χ0v) is 10.8. The first-order valence-electron chi connectivity index (χ1n) is 6.56. The second kappa shape index (κ2) is 4.36. The lowest BCUT2D eigenvalue weighted by Crippen LogP contribution is -2.50. The smallest absolute Gasteiger partial charge is 0.230 e. The van der Waals surface area contributed by atoms with Crippen LogP contribution in [0, 0.1) is 11.3 Å². The molecule has 3 heteroatoms. The van der Waals surface area contributed by atoms with Crippen LogP contribution in [0.25, 0.3) is 0 Å². The minimum atomic E-state index is -0.0722. The quantitative estimate of drug-likeness (QED) is 0.773. The maximum Gasteiger partial charge on any atom is 0.230 e. The highest BCUT2D eigenvalue weighted by molar-refractivity contribution is 5.84. The average molecular weight is 224 g/mol. The number of carbonyl (C=O) groups excluding carboxylic acids is 1. The predicted molar refractivity (Wildman–Crippen MR) is 65.2 cm³/mol. The number of rotatable bonds is 2. The molecule has 1 aliphatic carbocycles. The van der Waals surface area contributed by atoms with Crippen LogP contribution in [-0.4, -0.2) is 37.0 Å². The molecular weight excluding hydrogens is 200 g/mol. The largest absolute Gasteiger partial charge is 0.343 e. The minimum absolute atomic E-state index is 0.0722. The van der Waals surface area contributed by atoms with Crippen molar-refractivity contribution in [3.05, 3.63) is 0 Å². The van der Waals surface area contributed by atoms with Gasteiger partial charge in [0.05, 0.1) is 5.41 Å². The number of hydrogen-bond donors (Lipinski definition) is 1. The molecular formula is C13H24N2O. The van der Waals surface area contributed by atoms with E-state index >= 15 is 0 Å². The maximum atomic E-state index is 12.6. The van der Waals surface area contributed by atoms with E-state index in [9.17, 15) is 4.79 Å². The molecule has 1 N–H and O–H groups in total. The van der Waals surface area contributed by atoms with Crippen LogP contribution in [0.1, 0.15) is 39.5 Å². The fourth-order valence-corrected chi connectivity index (χ4v) is 3.25. The molecule has 92 valence electrons. The second-order valence-electron chi connectivity index (χ2n) is 5.74. The lowest BCUT2D eigenvalue weighted by atomic mass is 9.67. The molecule has 1 saturated carbocycles. The van der Waals surface area contributed by atoms with E-state index in [2.05, 4.69) is 19.2 Å². The first-order valence-corrected chi connectivity index (χ1v) is 6.56. The van der Waals surface area contributed by atoms with Crippen molar-refractivity contribution in [2.45, 2.75) is 45.6 Å². The molecule has 1 heterocycles. The summed E-state index contributed by atoms with van der Waals surface area (Å²) in [5.74, 6) is 0.951. The summed E-state index contributed by atoms with van der Waals surface area (Å²) >= 11 is 0. The molecule has 0 unspecified atom stereocenters. The number of nitrogens with zero attached hydrogens (tertiary/aromatic N) is 1. The van der Waals surface area contributed by atoms with Crippen LogP contribution >= 0.6 is 0 Å². The molecule has 0 aromatic carbocycles. The van der Waals surface area contributed by atoms with Crippen molar-refractivity contribution in [1.82, 2.24) is 10.2 Å². The van der Waals surface area contributed by atoms with Crippen molar-refractivity contribution in [2.75, 3.05) is 20.1 Å². The Morgan fingerprint density at radius 2 is 2.19 bits per heavy atom. The predicted octanol–water partition coefficient (Wildman–Crippen LogP) is 1.63. The lowest BCUT2D eigenvalue weighted by molar-refractivity contribution is -0.145. The molecule has 2 fully saturated rings. The van der Waals surface area contributed by atoms with Crippen molar-refractivity contribution in [2.24, 2.45) is 11.3 Å². The van der Waals surface area contributed by atoms with Crippen molar-refractivity contribution < 1.29 is 4.79 Å². The van der Waals surface area contributed by atoms with Gasteiger partial charge in [0.25, 0.3) is 0 Å². The Hall–Kier alpha value is -0.570. The normalized spacial score (nSPS) is 33.9. The molecule has 0 spiro atoms. The molecule has 1 saturated heterocycles. The van der Waals surface area contributed by atoms with Crippen LogP contribution in [0.3, 0.4) is 0 Å². The summed E-state index contributed by atoms with van der Waals surface area (Å²) in [6.07, 6.45) is 4.83. The third kappa shape index (κ3) is 1.75. The summed E-state index contributed by atoms with van der Waals surface area (Å²) in [5.41, 5.74) is -0.0722. The number of carbonyl (C=O) groups is 1. The van der Waals surface area contributed by atoms with E-state index in [1.807, 2.05) is 11.9 Å². The van der Waals surface area contributed by atoms with Gasteiger partial charge in [-0.05, 0) is 39.2 Å². The molecule has 3 nitrogen and oxygen atoms in total. The van der Waals surface area contributed by atoms with Gasteiger partial charge in [0.15, 0.2) is 0 Å². The van der Waals surface area contributed by atoms with Gasteiger partial charge in [-0.25, -0.2) is 0 Å². The van der Waals surface area contributed by atoms with Crippen molar-refractivity contribution in [1.29, 1.82) is 0 Å². The highest BCUT2D eigenvalue weighted by Crippen LogP contribution is 2.45. The number of nitrogens with one attached hydrogen (secondary N) is 1. The molecule has 1 aliphatic heterocycles. The van der Waals surface area contributed by atoms with Crippen LogP contribution in [-0.2, 0) is 4.79 Å². The fraction of sp³-hybridized carbons (Fsp3) is 0.923. The molecule has 1 amide bonds. The third-order valence-electron chi connectivity index (χ3n) is 4.56. The van der Waals surface area contributed by atoms with Crippen molar-refractivity contribution in [3.8, 4) is 0 Å². The molecule has 2 atom stereocenters. The molecule has 0 radical (unpaired) electrons. The fourth-order valence-electron chi connectivity index (χ4n) is 3.25. The van der Waals surface area contributed by atoms with Crippen LogP contribution < -0.4 is 5.32 Å². The van der Waals surface area contributed by atoms with Gasteiger partial charge in [0, 0.05) is 19.6 Å². The Balaban J connectivity index is 2.19. The summed E-state index contributed by atoms with van der Waals surface area (Å²) < 4.78 is 0. The van der Waals surface area contributed by atoms with E-state index < -0.39 is 0 Å². The topological polar surface area (TPSA) is 32.3 Å². The van der Waals surface area contributed by atoms with Gasteiger partial charge < -0.3 is 10.2 Å². The Labute approximate surface area is 98.6 Å². The van der Waals surface area contributed by atoms with Crippen molar-refractivity contribution in [3.63, 3.8) is 0 Å². The van der Waals surface area contributed by atoms with Crippen LogP contribution in [0.15, 0.2) is 0 Å². The van der Waals surface area contributed by atoms with E-state index in [1.54, 1.807) is 0 Å². The molecule has 0 bridgehead atoms. The molecule has 2 aliphatic rings. The second-order valence-corrected chi connectivity index (χ2v) is 5.74. The summed E-state index contributed by atoms with van der Waals surface area (Å²) in [6.45, 7) is 6.12. The highest BCUT2D eigenvalue weighted by Gasteiger charge is 2.51. The van der Waals surface area contributed by atoms with Gasteiger partial charge in [0.1, 0.15) is 0 Å². The van der Waals surface area contributed by atoms with Gasteiger partial charge in [-0.15, -0.1) is 0 Å². The zero-order chi connectivity index (χ0) is 11.8. The van der Waals surface area contributed by atoms with E-state index in [-0.39, 0.29) is 5.41 Å². The van der Waals surface area contributed by atoms with E-state index in [1.165, 1.54) is 19.3 Å². The molecule has 0 aromatic rings. The average Bonchev–Trinajstić information content (AvgIpc) is 2.71. The first-order chi connectivity index (χ1) is 7.58. The van der Waals surface area contributed by atoms with Gasteiger partial charge in [-0.3, -0.25) is 4.79 Å². The van der Waals surface area contributed by atoms with Gasteiger partial charge in [0.2, 0.25) is 5.91 Å². The molecule has 0 aromatic heterocycles. The number of fused-ring (bicyclic) bond motifs is 1. The van der Waals surface area contributed by atoms with Gasteiger partial charge in [-0.2, -0.15) is 0 Å². The lowest BCUT2D eigenvalue weighted by Gasteiger charge is -2.40. The van der Waals surface area contributed by atoms with E-state index in [0.717, 1.165) is 19.5 Å². The van der Waals surface area contributed by atoms with Gasteiger partial charge >= 0.3 is 0 Å². The van der Waals surface area contributed by atoms with Crippen LogP contribution in [0.2, 0.25) is 0 Å². The number of amides is 1. The first kappa shape index (κ1) is 11.9. The Kier molecular flexibility index (Phi) is 3.24. The molecule has 2 rings (SSSR count). The summed E-state index contributed by atoms with van der Waals surface area (Å²) in [7, 11) is 1.95. The van der Waals surface area contributed by atoms with E-state index in [0.29, 0.717) is 17.9 Å². The number of hydrogen-bond acceptors (Lipinski definition) is 2. The molecule has 16 heavy (non-hydrogen) atoms. The van der Waals surface area contributed by atoms with Gasteiger partial charge in [-0.1, -0.05) is 12.8 Å². The Bertz CT molecular complexity index is 277. The van der Waals surface area contributed by atoms with Crippen LogP contribution in [0.5, 0.6) is 0 Å². The summed E-state index contributed by atoms with van der Waals surface area (Å²) in [6, 6.07) is 0.310. The van der Waals surface area contributed by atoms with E-state index in [4.69, 9.17) is 0 Å². The minimum Gasteiger partial charge on any atom is -0.343 e. The Morgan fingerprint density at radius 1 is 1.44 bits per heavy atom. The zero-order valence-electron chi connectivity index (χ0n) is 10.8. The van der Waals surface area contributed by atoms with Crippen molar-refractivity contribution >= 4 is 5.91 Å². The summed E-state index contributed by atoms with van der Waals surface area (Å²) in [5, 5.41) is 3.43.